The van der Waals surface area contributed by atoms with E-state index in [1.54, 1.807) is 14.2 Å². The van der Waals surface area contributed by atoms with Crippen LogP contribution >= 0.6 is 0 Å². The van der Waals surface area contributed by atoms with Crippen molar-refractivity contribution in [2.24, 2.45) is 0 Å². The highest BCUT2D eigenvalue weighted by atomic mass is 16.7. The summed E-state index contributed by atoms with van der Waals surface area (Å²) in [7, 11) is 3.42. The van der Waals surface area contributed by atoms with Crippen LogP contribution in [0, 0.1) is 0 Å². The smallest absolute Gasteiger partial charge is 0.231 e. The van der Waals surface area contributed by atoms with Crippen LogP contribution in [-0.4, -0.2) is 27.8 Å². The first-order valence-electron chi connectivity index (χ1n) is 12.8. The van der Waals surface area contributed by atoms with E-state index in [4.69, 9.17) is 28.4 Å². The average molecular weight is 511 g/mol. The van der Waals surface area contributed by atoms with E-state index in [9.17, 15) is 0 Å². The van der Waals surface area contributed by atoms with Crippen LogP contribution in [-0.2, 0) is 25.7 Å². The molecule has 0 saturated carbocycles. The number of hydrogen-bond donors (Lipinski definition) is 0. The van der Waals surface area contributed by atoms with E-state index >= 15 is 0 Å². The fourth-order valence-electron chi connectivity index (χ4n) is 5.01. The highest BCUT2D eigenvalue weighted by Gasteiger charge is 2.16. The highest BCUT2D eigenvalue weighted by molar-refractivity contribution is 5.77. The molecule has 6 nitrogen and oxygen atoms in total. The molecule has 0 aromatic heterocycles. The molecule has 0 aliphatic carbocycles. The summed E-state index contributed by atoms with van der Waals surface area (Å²) in [6.45, 7) is 0.580. The van der Waals surface area contributed by atoms with Crippen molar-refractivity contribution in [2.75, 3.05) is 27.8 Å². The Morgan fingerprint density at radius 3 is 1.26 bits per heavy atom. The first-order valence-corrected chi connectivity index (χ1v) is 12.8. The molecule has 6 heteroatoms. The van der Waals surface area contributed by atoms with Gasteiger partial charge in [0, 0.05) is 11.1 Å². The third kappa shape index (κ3) is 4.94. The van der Waals surface area contributed by atoms with Gasteiger partial charge in [-0.05, 0) is 96.5 Å². The van der Waals surface area contributed by atoms with Crippen LogP contribution in [0.25, 0.3) is 11.1 Å². The summed E-state index contributed by atoms with van der Waals surface area (Å²) in [5, 5.41) is 0. The molecule has 2 heterocycles. The summed E-state index contributed by atoms with van der Waals surface area (Å²) < 4.78 is 33.5. The van der Waals surface area contributed by atoms with Crippen LogP contribution in [0.1, 0.15) is 22.3 Å². The van der Waals surface area contributed by atoms with Gasteiger partial charge < -0.3 is 28.4 Å². The van der Waals surface area contributed by atoms with Crippen LogP contribution in [0.4, 0.5) is 0 Å². The van der Waals surface area contributed by atoms with Gasteiger partial charge in [-0.2, -0.15) is 0 Å². The molecular formula is C32H30O6. The SMILES string of the molecule is COc1ccc(CCc2ccc3c(c2)OCO3)cc1-c1cc(CCc2ccc3c(c2)OCO3)ccc1OC. The molecule has 2 aliphatic rings. The van der Waals surface area contributed by atoms with E-state index in [-0.39, 0.29) is 13.6 Å². The molecule has 0 atom stereocenters. The van der Waals surface area contributed by atoms with E-state index in [2.05, 4.69) is 48.5 Å². The molecule has 4 aromatic carbocycles. The quantitative estimate of drug-likeness (QED) is 0.260. The lowest BCUT2D eigenvalue weighted by molar-refractivity contribution is 0.173. The van der Waals surface area contributed by atoms with E-state index in [1.807, 2.05) is 24.3 Å². The maximum atomic E-state index is 5.77. The number of rotatable bonds is 9. The lowest BCUT2D eigenvalue weighted by atomic mass is 9.95. The molecule has 2 aliphatic heterocycles. The lowest BCUT2D eigenvalue weighted by Gasteiger charge is -2.16. The molecule has 194 valence electrons. The zero-order valence-corrected chi connectivity index (χ0v) is 21.6. The second kappa shape index (κ2) is 10.6. The molecule has 0 bridgehead atoms. The van der Waals surface area contributed by atoms with Gasteiger partial charge in [0.25, 0.3) is 0 Å². The Hall–Kier alpha value is -4.32. The molecule has 0 spiro atoms. The molecule has 38 heavy (non-hydrogen) atoms. The fraction of sp³-hybridized carbons (Fsp3) is 0.250. The lowest BCUT2D eigenvalue weighted by Crippen LogP contribution is -1.98. The number of benzene rings is 4. The normalized spacial score (nSPS) is 13.0. The maximum absolute atomic E-state index is 5.77. The minimum Gasteiger partial charge on any atom is -0.496 e. The van der Waals surface area contributed by atoms with Crippen LogP contribution in [0.3, 0.4) is 0 Å². The third-order valence-electron chi connectivity index (χ3n) is 7.10. The van der Waals surface area contributed by atoms with Crippen molar-refractivity contribution in [1.29, 1.82) is 0 Å². The molecule has 0 unspecified atom stereocenters. The van der Waals surface area contributed by atoms with Crippen molar-refractivity contribution in [3.63, 3.8) is 0 Å². The molecular weight excluding hydrogens is 480 g/mol. The maximum Gasteiger partial charge on any atom is 0.231 e. The standard InChI is InChI=1S/C32H30O6/c1-33-27-11-7-21(3-5-23-9-13-29-31(17-23)37-19-35-29)15-25(27)26-16-22(8-12-28(26)34-2)4-6-24-10-14-30-32(18-24)38-20-36-30/h7-18H,3-6,19-20H2,1-2H3. The fourth-order valence-corrected chi connectivity index (χ4v) is 5.01. The highest BCUT2D eigenvalue weighted by Crippen LogP contribution is 2.39. The van der Waals surface area contributed by atoms with Gasteiger partial charge in [-0.25, -0.2) is 0 Å². The topological polar surface area (TPSA) is 55.4 Å². The average Bonchev–Trinajstić information content (AvgIpc) is 3.63. The largest absolute Gasteiger partial charge is 0.496 e. The molecule has 0 N–H and O–H groups in total. The van der Waals surface area contributed by atoms with E-state index < -0.39 is 0 Å². The molecule has 0 amide bonds. The van der Waals surface area contributed by atoms with Crippen molar-refractivity contribution in [3.05, 3.63) is 95.1 Å². The molecule has 4 aromatic rings. The van der Waals surface area contributed by atoms with Crippen molar-refractivity contribution < 1.29 is 28.4 Å². The third-order valence-corrected chi connectivity index (χ3v) is 7.10. The first kappa shape index (κ1) is 24.0. The predicted octanol–water partition coefficient (Wildman–Crippen LogP) is 6.40. The van der Waals surface area contributed by atoms with E-state index in [1.165, 1.54) is 22.3 Å². The molecule has 0 saturated heterocycles. The van der Waals surface area contributed by atoms with Gasteiger partial charge in [0.05, 0.1) is 14.2 Å². The second-order valence-electron chi connectivity index (χ2n) is 9.44. The second-order valence-corrected chi connectivity index (χ2v) is 9.44. The number of ether oxygens (including phenoxy) is 6. The van der Waals surface area contributed by atoms with Gasteiger partial charge in [-0.15, -0.1) is 0 Å². The molecule has 6 rings (SSSR count). The van der Waals surface area contributed by atoms with Crippen molar-refractivity contribution in [3.8, 4) is 45.6 Å². The Bertz CT molecular complexity index is 1350. The monoisotopic (exact) mass is 510 g/mol. The summed E-state index contributed by atoms with van der Waals surface area (Å²) in [5.74, 6) is 4.91. The summed E-state index contributed by atoms with van der Waals surface area (Å²) in [5.41, 5.74) is 6.94. The number of hydrogen-bond acceptors (Lipinski definition) is 6. The Morgan fingerprint density at radius 1 is 0.474 bits per heavy atom. The van der Waals surface area contributed by atoms with Crippen LogP contribution in [0.5, 0.6) is 34.5 Å². The zero-order chi connectivity index (χ0) is 25.9. The summed E-state index contributed by atoms with van der Waals surface area (Å²) in [6.07, 6.45) is 3.58. The summed E-state index contributed by atoms with van der Waals surface area (Å²) in [6, 6.07) is 25.1. The van der Waals surface area contributed by atoms with Crippen LogP contribution in [0.2, 0.25) is 0 Å². The van der Waals surface area contributed by atoms with E-state index in [0.29, 0.717) is 0 Å². The van der Waals surface area contributed by atoms with Gasteiger partial charge in [0.1, 0.15) is 11.5 Å². The number of fused-ring (bicyclic) bond motifs is 2. The zero-order valence-electron chi connectivity index (χ0n) is 21.6. The summed E-state index contributed by atoms with van der Waals surface area (Å²) >= 11 is 0. The Morgan fingerprint density at radius 2 is 0.842 bits per heavy atom. The Labute approximate surface area is 222 Å². The van der Waals surface area contributed by atoms with E-state index in [0.717, 1.165) is 71.3 Å². The number of methoxy groups -OCH3 is 2. The predicted molar refractivity (Wildman–Crippen MR) is 145 cm³/mol. The Balaban J connectivity index is 1.23. The minimum atomic E-state index is 0.290. The van der Waals surface area contributed by atoms with Crippen molar-refractivity contribution in [2.45, 2.75) is 25.7 Å². The van der Waals surface area contributed by atoms with Gasteiger partial charge in [0.2, 0.25) is 13.6 Å². The Kier molecular flexibility index (Phi) is 6.69. The minimum absolute atomic E-state index is 0.290. The summed E-state index contributed by atoms with van der Waals surface area (Å²) in [4.78, 5) is 0. The van der Waals surface area contributed by atoms with Crippen LogP contribution in [0.15, 0.2) is 72.8 Å². The van der Waals surface area contributed by atoms with Gasteiger partial charge in [-0.3, -0.25) is 0 Å². The van der Waals surface area contributed by atoms with Crippen molar-refractivity contribution >= 4 is 0 Å². The van der Waals surface area contributed by atoms with Crippen molar-refractivity contribution in [1.82, 2.24) is 0 Å². The molecule has 0 radical (unpaired) electrons. The van der Waals surface area contributed by atoms with Gasteiger partial charge >= 0.3 is 0 Å². The first-order chi connectivity index (χ1) is 18.7. The van der Waals surface area contributed by atoms with Gasteiger partial charge in [0.15, 0.2) is 23.0 Å². The number of aryl methyl sites for hydroxylation is 4. The van der Waals surface area contributed by atoms with Crippen LogP contribution < -0.4 is 28.4 Å². The molecule has 0 fully saturated rings. The van der Waals surface area contributed by atoms with Gasteiger partial charge in [-0.1, -0.05) is 24.3 Å².